The average Bonchev–Trinajstić information content (AvgIpc) is 4.02. The molecular weight excluding hydrogens is 835 g/mol. The van der Waals surface area contributed by atoms with Gasteiger partial charge < -0.3 is 4.90 Å². The molecule has 0 spiro atoms. The van der Waals surface area contributed by atoms with Crippen LogP contribution in [0, 0.1) is 0 Å². The fourth-order valence-corrected chi connectivity index (χ4v) is 13.1. The van der Waals surface area contributed by atoms with Crippen molar-refractivity contribution in [2.45, 2.75) is 19.3 Å². The lowest BCUT2D eigenvalue weighted by Crippen LogP contribution is -2.17. The molecule has 2 heterocycles. The van der Waals surface area contributed by atoms with Crippen molar-refractivity contribution in [1.82, 2.24) is 0 Å². The van der Waals surface area contributed by atoms with E-state index in [1.807, 2.05) is 22.7 Å². The van der Waals surface area contributed by atoms with Crippen LogP contribution in [0.25, 0.3) is 96.0 Å². The van der Waals surface area contributed by atoms with Crippen molar-refractivity contribution in [3.05, 3.63) is 236 Å². The molecule has 312 valence electrons. The summed E-state index contributed by atoms with van der Waals surface area (Å²) in [6.07, 6.45) is 0. The van der Waals surface area contributed by atoms with Crippen LogP contribution in [0.15, 0.2) is 224 Å². The van der Waals surface area contributed by atoms with Gasteiger partial charge in [0.15, 0.2) is 0 Å². The third-order valence-electron chi connectivity index (χ3n) is 13.9. The van der Waals surface area contributed by atoms with Gasteiger partial charge in [0, 0.05) is 62.8 Å². The summed E-state index contributed by atoms with van der Waals surface area (Å²) in [5.74, 6) is 0. The van der Waals surface area contributed by atoms with Gasteiger partial charge in [0.1, 0.15) is 0 Å². The van der Waals surface area contributed by atoms with Gasteiger partial charge >= 0.3 is 0 Å². The number of thiophene rings is 2. The Hall–Kier alpha value is -7.56. The van der Waals surface area contributed by atoms with Crippen LogP contribution in [-0.4, -0.2) is 0 Å². The molecule has 0 saturated carbocycles. The van der Waals surface area contributed by atoms with Gasteiger partial charge in [-0.2, -0.15) is 0 Å². The summed E-state index contributed by atoms with van der Waals surface area (Å²) in [5.41, 5.74) is 18.4. The van der Waals surface area contributed by atoms with E-state index >= 15 is 0 Å². The Labute approximate surface area is 393 Å². The van der Waals surface area contributed by atoms with Gasteiger partial charge in [-0.3, -0.25) is 0 Å². The molecular formula is C63H43NS2. The number of anilines is 3. The third kappa shape index (κ3) is 6.19. The van der Waals surface area contributed by atoms with Gasteiger partial charge in [-0.15, -0.1) is 22.7 Å². The lowest BCUT2D eigenvalue weighted by molar-refractivity contribution is 0.660. The second kappa shape index (κ2) is 15.3. The third-order valence-corrected chi connectivity index (χ3v) is 16.3. The molecule has 13 rings (SSSR count). The first-order valence-corrected chi connectivity index (χ1v) is 24.4. The van der Waals surface area contributed by atoms with Gasteiger partial charge in [-0.05, 0) is 127 Å². The van der Waals surface area contributed by atoms with E-state index in [4.69, 9.17) is 0 Å². The summed E-state index contributed by atoms with van der Waals surface area (Å²) in [6.45, 7) is 4.80. The Morgan fingerprint density at radius 1 is 0.303 bits per heavy atom. The van der Waals surface area contributed by atoms with E-state index in [9.17, 15) is 0 Å². The average molecular weight is 878 g/mol. The van der Waals surface area contributed by atoms with Crippen LogP contribution < -0.4 is 4.90 Å². The number of hydrogen-bond donors (Lipinski definition) is 0. The van der Waals surface area contributed by atoms with Crippen LogP contribution in [0.2, 0.25) is 0 Å². The molecule has 0 unspecified atom stereocenters. The molecule has 1 aliphatic rings. The van der Waals surface area contributed by atoms with E-state index in [0.717, 1.165) is 17.1 Å². The standard InChI is InChI=1S/C63H43NS2/c1-63(2)57-37-46(35-36-49(57)56-38-54(40-15-5-3-6-16-40)55(39-58(56)63)41-17-7-4-8-18-41)64(44-31-27-42(28-32-44)47-21-13-23-52-50-19-9-11-25-59(50)65-61(47)52)45-33-29-43(30-34-45)48-22-14-24-53-51-20-10-12-26-60(51)66-62(48)53/h3-39H,1-2H3. The van der Waals surface area contributed by atoms with Gasteiger partial charge in [0.2, 0.25) is 0 Å². The fraction of sp³-hybridized carbons (Fsp3) is 0.0476. The van der Waals surface area contributed by atoms with Crippen molar-refractivity contribution in [1.29, 1.82) is 0 Å². The van der Waals surface area contributed by atoms with Gasteiger partial charge in [-0.25, -0.2) is 0 Å². The molecule has 10 aromatic carbocycles. The van der Waals surface area contributed by atoms with E-state index in [2.05, 4.69) is 243 Å². The Morgan fingerprint density at radius 3 is 1.26 bits per heavy atom. The minimum atomic E-state index is -0.231. The number of hydrogen-bond acceptors (Lipinski definition) is 3. The molecule has 2 aromatic heterocycles. The molecule has 1 nitrogen and oxygen atoms in total. The molecule has 0 N–H and O–H groups in total. The summed E-state index contributed by atoms with van der Waals surface area (Å²) in [6, 6.07) is 83.2. The predicted octanol–water partition coefficient (Wildman–Crippen LogP) is 18.9. The Kier molecular flexibility index (Phi) is 8.99. The quantitative estimate of drug-likeness (QED) is 0.154. The predicted molar refractivity (Wildman–Crippen MR) is 286 cm³/mol. The van der Waals surface area contributed by atoms with Crippen molar-refractivity contribution >= 4 is 80.1 Å². The Balaban J connectivity index is 0.947. The molecule has 0 radical (unpaired) electrons. The van der Waals surface area contributed by atoms with E-state index < -0.39 is 0 Å². The molecule has 0 atom stereocenters. The highest BCUT2D eigenvalue weighted by molar-refractivity contribution is 7.26. The van der Waals surface area contributed by atoms with Crippen LogP contribution >= 0.6 is 22.7 Å². The van der Waals surface area contributed by atoms with E-state index in [-0.39, 0.29) is 5.41 Å². The van der Waals surface area contributed by atoms with Crippen LogP contribution in [0.3, 0.4) is 0 Å². The maximum atomic E-state index is 2.47. The Bertz CT molecular complexity index is 3660. The highest BCUT2D eigenvalue weighted by atomic mass is 32.1. The SMILES string of the molecule is CC1(C)c2cc(N(c3ccc(-c4cccc5c4sc4ccccc45)cc3)c3ccc(-c4cccc5c4sc4ccccc45)cc3)ccc2-c2cc(-c3ccccc3)c(-c3ccccc3)cc21. The first-order valence-electron chi connectivity index (χ1n) is 22.7. The molecule has 0 saturated heterocycles. The lowest BCUT2D eigenvalue weighted by Gasteiger charge is -2.28. The number of fused-ring (bicyclic) bond motifs is 9. The first kappa shape index (κ1) is 38.9. The smallest absolute Gasteiger partial charge is 0.0465 e. The van der Waals surface area contributed by atoms with Crippen LogP contribution in [0.5, 0.6) is 0 Å². The summed E-state index contributed by atoms with van der Waals surface area (Å²) in [7, 11) is 0. The second-order valence-corrected chi connectivity index (χ2v) is 20.1. The highest BCUT2D eigenvalue weighted by Gasteiger charge is 2.37. The molecule has 0 bridgehead atoms. The minimum Gasteiger partial charge on any atom is -0.310 e. The van der Waals surface area contributed by atoms with Crippen molar-refractivity contribution in [2.24, 2.45) is 0 Å². The molecule has 0 aliphatic heterocycles. The highest BCUT2D eigenvalue weighted by Crippen LogP contribution is 2.54. The zero-order chi connectivity index (χ0) is 43.9. The maximum Gasteiger partial charge on any atom is 0.0465 e. The van der Waals surface area contributed by atoms with E-state index in [1.54, 1.807) is 0 Å². The summed E-state index contributed by atoms with van der Waals surface area (Å²) < 4.78 is 5.31. The molecule has 66 heavy (non-hydrogen) atoms. The van der Waals surface area contributed by atoms with Gasteiger partial charge in [0.25, 0.3) is 0 Å². The molecule has 1 aliphatic carbocycles. The van der Waals surface area contributed by atoms with E-state index in [0.29, 0.717) is 0 Å². The van der Waals surface area contributed by atoms with Crippen molar-refractivity contribution in [3.63, 3.8) is 0 Å². The monoisotopic (exact) mass is 877 g/mol. The molecule has 0 fully saturated rings. The second-order valence-electron chi connectivity index (χ2n) is 18.0. The van der Waals surface area contributed by atoms with Crippen LogP contribution in [-0.2, 0) is 5.41 Å². The molecule has 0 amide bonds. The minimum absolute atomic E-state index is 0.231. The molecule has 12 aromatic rings. The summed E-state index contributed by atoms with van der Waals surface area (Å²) in [5, 5.41) is 5.28. The summed E-state index contributed by atoms with van der Waals surface area (Å²) >= 11 is 3.77. The Morgan fingerprint density at radius 2 is 0.727 bits per heavy atom. The molecule has 3 heteroatoms. The van der Waals surface area contributed by atoms with Crippen molar-refractivity contribution in [3.8, 4) is 55.6 Å². The summed E-state index contributed by atoms with van der Waals surface area (Å²) in [4.78, 5) is 2.44. The zero-order valence-corrected chi connectivity index (χ0v) is 38.3. The largest absolute Gasteiger partial charge is 0.310 e. The van der Waals surface area contributed by atoms with Gasteiger partial charge in [0.05, 0.1) is 0 Å². The maximum absolute atomic E-state index is 2.47. The topological polar surface area (TPSA) is 3.24 Å². The van der Waals surface area contributed by atoms with Crippen LogP contribution in [0.1, 0.15) is 25.0 Å². The zero-order valence-electron chi connectivity index (χ0n) is 36.6. The van der Waals surface area contributed by atoms with Crippen LogP contribution in [0.4, 0.5) is 17.1 Å². The number of rotatable bonds is 7. The fourth-order valence-electron chi connectivity index (χ4n) is 10.6. The normalized spacial score (nSPS) is 12.8. The van der Waals surface area contributed by atoms with Crippen molar-refractivity contribution in [2.75, 3.05) is 4.90 Å². The van der Waals surface area contributed by atoms with Gasteiger partial charge in [-0.1, -0.05) is 178 Å². The van der Waals surface area contributed by atoms with Crippen molar-refractivity contribution < 1.29 is 0 Å². The van der Waals surface area contributed by atoms with E-state index in [1.165, 1.54) is 107 Å². The number of benzene rings is 10. The first-order chi connectivity index (χ1) is 32.5. The lowest BCUT2D eigenvalue weighted by atomic mass is 9.80. The number of nitrogens with zero attached hydrogens (tertiary/aromatic N) is 1.